The summed E-state index contributed by atoms with van der Waals surface area (Å²) in [6.45, 7) is 0. The third kappa shape index (κ3) is 3.42. The second kappa shape index (κ2) is 5.65. The van der Waals surface area contributed by atoms with Gasteiger partial charge in [0.15, 0.2) is 0 Å². The van der Waals surface area contributed by atoms with E-state index in [1.165, 1.54) is 18.2 Å². The lowest BCUT2D eigenvalue weighted by atomic mass is 10.2. The number of hydrogen-bond acceptors (Lipinski definition) is 8. The van der Waals surface area contributed by atoms with Gasteiger partial charge in [0, 0.05) is 18.2 Å². The summed E-state index contributed by atoms with van der Waals surface area (Å²) in [5.41, 5.74) is 21.5. The van der Waals surface area contributed by atoms with Crippen molar-refractivity contribution in [1.29, 1.82) is 0 Å². The topological polar surface area (TPSA) is 185 Å². The van der Waals surface area contributed by atoms with Gasteiger partial charge in [-0.05, 0) is 6.07 Å². The highest BCUT2D eigenvalue weighted by atomic mass is 16.3. The number of phenolic OH excluding ortho intramolecular Hbond substituents is 4. The van der Waals surface area contributed by atoms with Crippen LogP contribution in [0.3, 0.4) is 0 Å². The Labute approximate surface area is 114 Å². The minimum atomic E-state index is -0.160. The normalized spacial score (nSPS) is 9.60. The maximum atomic E-state index is 8.91. The third-order valence-corrected chi connectivity index (χ3v) is 2.35. The molecule has 12 N–H and O–H groups in total. The quantitative estimate of drug-likeness (QED) is 0.195. The van der Waals surface area contributed by atoms with Crippen LogP contribution in [0.25, 0.3) is 0 Å². The zero-order valence-corrected chi connectivity index (χ0v) is 10.4. The van der Waals surface area contributed by atoms with Crippen LogP contribution in [-0.2, 0) is 0 Å². The lowest BCUT2D eigenvalue weighted by molar-refractivity contribution is 0.454. The van der Waals surface area contributed by atoms with Crippen molar-refractivity contribution in [2.75, 3.05) is 22.9 Å². The van der Waals surface area contributed by atoms with Gasteiger partial charge < -0.3 is 43.4 Å². The minimum absolute atomic E-state index is 0.115. The summed E-state index contributed by atoms with van der Waals surface area (Å²) in [6.07, 6.45) is 0. The van der Waals surface area contributed by atoms with Gasteiger partial charge in [0.2, 0.25) is 0 Å². The van der Waals surface area contributed by atoms with Gasteiger partial charge in [0.25, 0.3) is 0 Å². The first kappa shape index (κ1) is 14.9. The van der Waals surface area contributed by atoms with Crippen LogP contribution >= 0.6 is 0 Å². The molecule has 0 unspecified atom stereocenters. The summed E-state index contributed by atoms with van der Waals surface area (Å²) in [5, 5.41) is 35.6. The molecule has 2 aromatic rings. The number of rotatable bonds is 0. The van der Waals surface area contributed by atoms with Crippen LogP contribution in [0.4, 0.5) is 22.7 Å². The Morgan fingerprint density at radius 3 is 1.00 bits per heavy atom. The van der Waals surface area contributed by atoms with Gasteiger partial charge in [-0.2, -0.15) is 0 Å². The van der Waals surface area contributed by atoms with Gasteiger partial charge in [-0.1, -0.05) is 0 Å². The Balaban J connectivity index is 0.000000200. The molecular weight excluding hydrogens is 264 g/mol. The first-order valence-corrected chi connectivity index (χ1v) is 5.36. The molecule has 8 heteroatoms. The highest BCUT2D eigenvalue weighted by Gasteiger charge is 2.02. The molecule has 0 saturated carbocycles. The van der Waals surface area contributed by atoms with Crippen LogP contribution in [0, 0.1) is 0 Å². The Bertz CT molecular complexity index is 475. The second-order valence-electron chi connectivity index (χ2n) is 3.94. The van der Waals surface area contributed by atoms with E-state index in [1.54, 1.807) is 0 Å². The molecule has 20 heavy (non-hydrogen) atoms. The number of hydrogen-bond donors (Lipinski definition) is 8. The zero-order valence-electron chi connectivity index (χ0n) is 10.4. The molecule has 0 aromatic heterocycles. The molecule has 0 aliphatic rings. The standard InChI is InChI=1S/2C6H8N2O2/c7-3-1-5(9)4(8)2-6(3)10;7-3-1-4(8)6(10)2-5(3)9/h2*1-2,9-10H,7-8H2. The smallest absolute Gasteiger partial charge is 0.142 e. The van der Waals surface area contributed by atoms with Crippen LogP contribution in [0.1, 0.15) is 0 Å². The molecule has 0 aliphatic carbocycles. The molecule has 0 spiro atoms. The van der Waals surface area contributed by atoms with Gasteiger partial charge in [0.1, 0.15) is 23.0 Å². The Morgan fingerprint density at radius 1 is 0.450 bits per heavy atom. The van der Waals surface area contributed by atoms with Crippen LogP contribution in [-0.4, -0.2) is 20.4 Å². The lowest BCUT2D eigenvalue weighted by Gasteiger charge is -2.01. The summed E-state index contributed by atoms with van der Waals surface area (Å²) >= 11 is 0. The van der Waals surface area contributed by atoms with E-state index >= 15 is 0 Å². The van der Waals surface area contributed by atoms with Crippen LogP contribution in [0.5, 0.6) is 23.0 Å². The van der Waals surface area contributed by atoms with Crippen molar-refractivity contribution in [3.63, 3.8) is 0 Å². The Kier molecular flexibility index (Phi) is 4.21. The molecule has 0 bridgehead atoms. The maximum absolute atomic E-state index is 8.91. The van der Waals surface area contributed by atoms with Crippen molar-refractivity contribution in [1.82, 2.24) is 0 Å². The number of nitrogen functional groups attached to an aromatic ring is 4. The predicted octanol–water partition coefficient (Wildman–Crippen LogP) is 0.524. The van der Waals surface area contributed by atoms with Gasteiger partial charge in [-0.3, -0.25) is 0 Å². The first-order valence-electron chi connectivity index (χ1n) is 5.36. The van der Waals surface area contributed by atoms with Gasteiger partial charge in [-0.25, -0.2) is 0 Å². The fourth-order valence-corrected chi connectivity index (χ4v) is 1.22. The van der Waals surface area contributed by atoms with Crippen molar-refractivity contribution < 1.29 is 20.4 Å². The summed E-state index contributed by atoms with van der Waals surface area (Å²) in [7, 11) is 0. The molecule has 0 atom stereocenters. The van der Waals surface area contributed by atoms with E-state index in [9.17, 15) is 0 Å². The van der Waals surface area contributed by atoms with E-state index in [4.69, 9.17) is 43.4 Å². The fourth-order valence-electron chi connectivity index (χ4n) is 1.22. The number of phenols is 4. The molecule has 2 rings (SSSR count). The Morgan fingerprint density at radius 2 is 0.700 bits per heavy atom. The average molecular weight is 280 g/mol. The molecule has 108 valence electrons. The SMILES string of the molecule is Nc1cc(N)c(O)cc1O.Nc1cc(O)c(N)cc1O. The van der Waals surface area contributed by atoms with Crippen LogP contribution < -0.4 is 22.9 Å². The molecule has 0 radical (unpaired) electrons. The van der Waals surface area contributed by atoms with Gasteiger partial charge in [0.05, 0.1) is 22.7 Å². The zero-order chi connectivity index (χ0) is 15.4. The number of benzene rings is 2. The minimum Gasteiger partial charge on any atom is -0.506 e. The van der Waals surface area contributed by atoms with Crippen LogP contribution in [0.2, 0.25) is 0 Å². The predicted molar refractivity (Wildman–Crippen MR) is 77.2 cm³/mol. The summed E-state index contributed by atoms with van der Waals surface area (Å²) in [5.74, 6) is -0.552. The first-order chi connectivity index (χ1) is 9.22. The van der Waals surface area contributed by atoms with Crippen LogP contribution in [0.15, 0.2) is 24.3 Å². The molecule has 0 heterocycles. The molecule has 0 fully saturated rings. The molecule has 0 aliphatic heterocycles. The molecule has 0 saturated heterocycles. The van der Waals surface area contributed by atoms with E-state index < -0.39 is 0 Å². The van der Waals surface area contributed by atoms with E-state index in [-0.39, 0.29) is 45.7 Å². The van der Waals surface area contributed by atoms with E-state index in [2.05, 4.69) is 0 Å². The molecule has 2 aromatic carbocycles. The number of anilines is 4. The second-order valence-corrected chi connectivity index (χ2v) is 3.94. The maximum Gasteiger partial charge on any atom is 0.142 e. The van der Waals surface area contributed by atoms with E-state index in [1.807, 2.05) is 0 Å². The number of aromatic hydroxyl groups is 4. The van der Waals surface area contributed by atoms with Crippen molar-refractivity contribution in [2.45, 2.75) is 0 Å². The van der Waals surface area contributed by atoms with Crippen molar-refractivity contribution in [3.05, 3.63) is 24.3 Å². The molecule has 0 amide bonds. The Hall–Kier alpha value is -3.16. The molecule has 8 nitrogen and oxygen atoms in total. The monoisotopic (exact) mass is 280 g/mol. The highest BCUT2D eigenvalue weighted by molar-refractivity contribution is 5.67. The summed E-state index contributed by atoms with van der Waals surface area (Å²) < 4.78 is 0. The van der Waals surface area contributed by atoms with Gasteiger partial charge >= 0.3 is 0 Å². The summed E-state index contributed by atoms with van der Waals surface area (Å²) in [6, 6.07) is 4.80. The average Bonchev–Trinajstić information content (AvgIpc) is 2.35. The molecular formula is C12H16N4O4. The van der Waals surface area contributed by atoms with Crippen molar-refractivity contribution in [2.24, 2.45) is 0 Å². The largest absolute Gasteiger partial charge is 0.506 e. The summed E-state index contributed by atoms with van der Waals surface area (Å²) in [4.78, 5) is 0. The van der Waals surface area contributed by atoms with Crippen molar-refractivity contribution >= 4 is 22.7 Å². The highest BCUT2D eigenvalue weighted by Crippen LogP contribution is 2.31. The number of nitrogens with two attached hydrogens (primary N) is 4. The lowest BCUT2D eigenvalue weighted by Crippen LogP contribution is -1.90. The van der Waals surface area contributed by atoms with Gasteiger partial charge in [-0.15, -0.1) is 0 Å². The third-order valence-electron chi connectivity index (χ3n) is 2.35. The van der Waals surface area contributed by atoms with Crippen molar-refractivity contribution in [3.8, 4) is 23.0 Å². The van der Waals surface area contributed by atoms with E-state index in [0.29, 0.717) is 0 Å². The van der Waals surface area contributed by atoms with E-state index in [0.717, 1.165) is 6.07 Å². The fraction of sp³-hybridized carbons (Fsp3) is 0.